The zero-order chi connectivity index (χ0) is 23.8. The number of halogens is 2. The molecule has 1 atom stereocenters. The molecule has 1 N–H and O–H groups in total. The van der Waals surface area contributed by atoms with E-state index >= 15 is 0 Å². The number of nitrogens with one attached hydrogen (secondary N) is 1. The number of likely N-dealkylation sites (tertiary alicyclic amines) is 1. The average Bonchev–Trinajstić information content (AvgIpc) is 3.13. The third-order valence-electron chi connectivity index (χ3n) is 7.04. The van der Waals surface area contributed by atoms with Gasteiger partial charge in [0.25, 0.3) is 5.91 Å². The molecule has 3 amide bonds. The predicted molar refractivity (Wildman–Crippen MR) is 128 cm³/mol. The van der Waals surface area contributed by atoms with Gasteiger partial charge in [0.2, 0.25) is 0 Å². The Balaban J connectivity index is 1.33. The van der Waals surface area contributed by atoms with Gasteiger partial charge >= 0.3 is 6.03 Å². The number of hydrogen-bond acceptors (Lipinski definition) is 4. The van der Waals surface area contributed by atoms with Crippen molar-refractivity contribution in [3.63, 3.8) is 0 Å². The van der Waals surface area contributed by atoms with E-state index in [2.05, 4.69) is 10.2 Å². The molecule has 182 valence electrons. The minimum Gasteiger partial charge on any atom is -0.340 e. The highest BCUT2D eigenvalue weighted by atomic mass is 35.5. The van der Waals surface area contributed by atoms with Crippen molar-refractivity contribution in [1.82, 2.24) is 24.5 Å². The molecule has 1 aromatic heterocycles. The van der Waals surface area contributed by atoms with Gasteiger partial charge in [-0.3, -0.25) is 9.48 Å². The van der Waals surface area contributed by atoms with Gasteiger partial charge in [0.15, 0.2) is 0 Å². The molecule has 10 heteroatoms. The second-order valence-electron chi connectivity index (χ2n) is 9.60. The van der Waals surface area contributed by atoms with Crippen LogP contribution in [0.15, 0.2) is 18.2 Å². The number of aromatic nitrogens is 2. The monoisotopic (exact) mass is 488 g/mol. The van der Waals surface area contributed by atoms with Crippen molar-refractivity contribution in [1.29, 1.82) is 0 Å². The molecule has 0 radical (unpaired) electrons. The summed E-state index contributed by atoms with van der Waals surface area (Å²) in [6, 6.07) is 3.77. The molecule has 4 heterocycles. The number of urea groups is 1. The topological polar surface area (TPSA) is 73.7 Å². The van der Waals surface area contributed by atoms with E-state index in [1.54, 1.807) is 9.80 Å². The molecule has 1 saturated heterocycles. The fourth-order valence-corrected chi connectivity index (χ4v) is 5.50. The van der Waals surface area contributed by atoms with Gasteiger partial charge in [-0.25, -0.2) is 9.18 Å². The van der Waals surface area contributed by atoms with Crippen LogP contribution < -0.4 is 5.32 Å². The van der Waals surface area contributed by atoms with E-state index in [1.807, 2.05) is 11.7 Å². The quantitative estimate of drug-likeness (QED) is 0.718. The summed E-state index contributed by atoms with van der Waals surface area (Å²) in [6.45, 7) is 5.42. The highest BCUT2D eigenvalue weighted by molar-refractivity contribution is 6.31. The molecule has 3 aliphatic rings. The number of carbonyl (C=O) groups excluding carboxylic acids is 2. The van der Waals surface area contributed by atoms with Crippen molar-refractivity contribution >= 4 is 29.2 Å². The lowest BCUT2D eigenvalue weighted by Crippen LogP contribution is -2.40. The SMILES string of the molecule is CN1CC(CN2CCCCC2)Cn2nc3c(c2C1=O)CN(C(=O)Nc1ccc(F)c(Cl)c1)CC3. The van der Waals surface area contributed by atoms with Gasteiger partial charge in [-0.05, 0) is 44.1 Å². The number of amides is 3. The zero-order valence-electron chi connectivity index (χ0n) is 19.4. The van der Waals surface area contributed by atoms with Crippen molar-refractivity contribution in [2.75, 3.05) is 45.1 Å². The molecule has 34 heavy (non-hydrogen) atoms. The molecule has 5 rings (SSSR count). The lowest BCUT2D eigenvalue weighted by molar-refractivity contribution is 0.0764. The summed E-state index contributed by atoms with van der Waals surface area (Å²) in [7, 11) is 1.85. The summed E-state index contributed by atoms with van der Waals surface area (Å²) >= 11 is 5.84. The first kappa shape index (κ1) is 23.1. The lowest BCUT2D eigenvalue weighted by Gasteiger charge is -2.31. The maximum atomic E-state index is 13.4. The van der Waals surface area contributed by atoms with Crippen LogP contribution >= 0.6 is 11.6 Å². The summed E-state index contributed by atoms with van der Waals surface area (Å²) < 4.78 is 15.3. The van der Waals surface area contributed by atoms with E-state index in [0.717, 1.165) is 30.9 Å². The van der Waals surface area contributed by atoms with Crippen LogP contribution in [0.4, 0.5) is 14.9 Å². The maximum absolute atomic E-state index is 13.4. The standard InChI is InChI=1S/C24H30ClFN6O2/c1-29-12-16(13-30-8-3-2-4-9-30)14-32-22(23(29)33)18-15-31(10-7-21(18)28-32)24(34)27-17-5-6-20(26)19(25)11-17/h5-6,11,16H,2-4,7-10,12-15H2,1H3,(H,27,34). The van der Waals surface area contributed by atoms with E-state index in [0.29, 0.717) is 49.9 Å². The molecule has 0 spiro atoms. The Morgan fingerprint density at radius 2 is 2.00 bits per heavy atom. The Labute approximate surface area is 203 Å². The number of anilines is 1. The van der Waals surface area contributed by atoms with Crippen molar-refractivity contribution < 1.29 is 14.0 Å². The number of hydrogen-bond donors (Lipinski definition) is 1. The van der Waals surface area contributed by atoms with E-state index < -0.39 is 5.82 Å². The Morgan fingerprint density at radius 1 is 1.21 bits per heavy atom. The Kier molecular flexibility index (Phi) is 6.48. The smallest absolute Gasteiger partial charge is 0.322 e. The van der Waals surface area contributed by atoms with E-state index in [4.69, 9.17) is 16.7 Å². The summed E-state index contributed by atoms with van der Waals surface area (Å²) in [6.07, 6.45) is 4.37. The molecule has 1 aromatic carbocycles. The fraction of sp³-hybridized carbons (Fsp3) is 0.542. The largest absolute Gasteiger partial charge is 0.340 e. The highest BCUT2D eigenvalue weighted by Gasteiger charge is 2.35. The van der Waals surface area contributed by atoms with Crippen molar-refractivity contribution in [2.45, 2.75) is 38.8 Å². The van der Waals surface area contributed by atoms with Crippen molar-refractivity contribution in [3.05, 3.63) is 46.0 Å². The van der Waals surface area contributed by atoms with Crippen LogP contribution in [-0.2, 0) is 19.5 Å². The minimum atomic E-state index is -0.536. The van der Waals surface area contributed by atoms with Gasteiger partial charge in [0.1, 0.15) is 11.5 Å². The minimum absolute atomic E-state index is 0.0394. The van der Waals surface area contributed by atoms with Crippen LogP contribution in [0.1, 0.15) is 41.0 Å². The highest BCUT2D eigenvalue weighted by Crippen LogP contribution is 2.28. The molecule has 3 aliphatic heterocycles. The third-order valence-corrected chi connectivity index (χ3v) is 7.33. The van der Waals surface area contributed by atoms with Gasteiger partial charge in [0.05, 0.1) is 17.3 Å². The van der Waals surface area contributed by atoms with Gasteiger partial charge in [-0.2, -0.15) is 5.10 Å². The Morgan fingerprint density at radius 3 is 2.76 bits per heavy atom. The second-order valence-corrected chi connectivity index (χ2v) is 10.0. The number of piperidine rings is 1. The average molecular weight is 489 g/mol. The van der Waals surface area contributed by atoms with Gasteiger partial charge in [-0.15, -0.1) is 0 Å². The summed E-state index contributed by atoms with van der Waals surface area (Å²) in [4.78, 5) is 32.2. The van der Waals surface area contributed by atoms with Crippen LogP contribution in [0.3, 0.4) is 0 Å². The Bertz CT molecular complexity index is 1100. The zero-order valence-corrected chi connectivity index (χ0v) is 20.2. The van der Waals surface area contributed by atoms with Gasteiger partial charge < -0.3 is 20.0 Å². The van der Waals surface area contributed by atoms with Crippen LogP contribution in [0, 0.1) is 11.7 Å². The molecule has 0 aliphatic carbocycles. The van der Waals surface area contributed by atoms with Crippen molar-refractivity contribution in [3.8, 4) is 0 Å². The second kappa shape index (κ2) is 9.54. The normalized spacial score (nSPS) is 21.1. The van der Waals surface area contributed by atoms with Crippen molar-refractivity contribution in [2.24, 2.45) is 5.92 Å². The fourth-order valence-electron chi connectivity index (χ4n) is 5.32. The first-order valence-electron chi connectivity index (χ1n) is 12.0. The van der Waals surface area contributed by atoms with Crippen LogP contribution in [-0.4, -0.2) is 76.2 Å². The lowest BCUT2D eigenvalue weighted by atomic mass is 10.0. The molecular formula is C24H30ClFN6O2. The summed E-state index contributed by atoms with van der Waals surface area (Å²) in [5, 5.41) is 7.54. The summed E-state index contributed by atoms with van der Waals surface area (Å²) in [5.74, 6) is -0.258. The van der Waals surface area contributed by atoms with E-state index in [-0.39, 0.29) is 17.0 Å². The number of fused-ring (bicyclic) bond motifs is 3. The van der Waals surface area contributed by atoms with E-state index in [9.17, 15) is 14.0 Å². The molecule has 2 aromatic rings. The Hall–Kier alpha value is -2.65. The molecule has 1 fully saturated rings. The number of rotatable bonds is 3. The number of carbonyl (C=O) groups is 2. The molecule has 8 nitrogen and oxygen atoms in total. The molecule has 1 unspecified atom stereocenters. The maximum Gasteiger partial charge on any atom is 0.322 e. The van der Waals surface area contributed by atoms with Gasteiger partial charge in [0, 0.05) is 56.8 Å². The predicted octanol–water partition coefficient (Wildman–Crippen LogP) is 3.45. The first-order valence-corrected chi connectivity index (χ1v) is 12.3. The molecule has 0 saturated carbocycles. The van der Waals surface area contributed by atoms with Crippen LogP contribution in [0.25, 0.3) is 0 Å². The van der Waals surface area contributed by atoms with Gasteiger partial charge in [-0.1, -0.05) is 18.0 Å². The summed E-state index contributed by atoms with van der Waals surface area (Å²) in [5.41, 5.74) is 2.74. The molecule has 0 bridgehead atoms. The number of nitrogens with zero attached hydrogens (tertiary/aromatic N) is 5. The first-order chi connectivity index (χ1) is 16.4. The third kappa shape index (κ3) is 4.63. The van der Waals surface area contributed by atoms with Crippen LogP contribution in [0.2, 0.25) is 5.02 Å². The van der Waals surface area contributed by atoms with Crippen LogP contribution in [0.5, 0.6) is 0 Å². The van der Waals surface area contributed by atoms with E-state index in [1.165, 1.54) is 37.5 Å². The molecular weight excluding hydrogens is 459 g/mol. The number of benzene rings is 1.